The molecule has 0 fully saturated rings. The molecule has 0 heterocycles. The van der Waals surface area contributed by atoms with Crippen LogP contribution < -0.4 is 16.4 Å². The molecule has 7 heteroatoms. The standard InChI is InChI=1S/C9H19N3O4/c1-15-6-7(16-2)5-12-9(14)8(13)11-4-3-10/h7H,3-6,10H2,1-2H3,(H,11,13)(H,12,14). The Hall–Kier alpha value is -1.18. The van der Waals surface area contributed by atoms with Gasteiger partial charge in [-0.1, -0.05) is 0 Å². The van der Waals surface area contributed by atoms with Crippen LogP contribution >= 0.6 is 0 Å². The highest BCUT2D eigenvalue weighted by Gasteiger charge is 2.14. The molecule has 4 N–H and O–H groups in total. The van der Waals surface area contributed by atoms with Crippen molar-refractivity contribution in [3.8, 4) is 0 Å². The first kappa shape index (κ1) is 14.8. The van der Waals surface area contributed by atoms with Crippen molar-refractivity contribution in [2.24, 2.45) is 5.73 Å². The van der Waals surface area contributed by atoms with Crippen molar-refractivity contribution < 1.29 is 19.1 Å². The van der Waals surface area contributed by atoms with E-state index in [0.717, 1.165) is 0 Å². The second kappa shape index (κ2) is 9.08. The van der Waals surface area contributed by atoms with Crippen LogP contribution in [0, 0.1) is 0 Å². The molecule has 0 aliphatic heterocycles. The molecule has 0 aromatic rings. The summed E-state index contributed by atoms with van der Waals surface area (Å²) in [5.74, 6) is -1.40. The van der Waals surface area contributed by atoms with Gasteiger partial charge in [0, 0.05) is 33.9 Å². The molecule has 0 rings (SSSR count). The van der Waals surface area contributed by atoms with Crippen molar-refractivity contribution in [2.45, 2.75) is 6.10 Å². The van der Waals surface area contributed by atoms with Crippen molar-refractivity contribution in [2.75, 3.05) is 40.5 Å². The molecule has 16 heavy (non-hydrogen) atoms. The van der Waals surface area contributed by atoms with E-state index in [1.807, 2.05) is 0 Å². The lowest BCUT2D eigenvalue weighted by Crippen LogP contribution is -2.44. The quantitative estimate of drug-likeness (QED) is 0.435. The number of methoxy groups -OCH3 is 2. The van der Waals surface area contributed by atoms with Gasteiger partial charge in [0.2, 0.25) is 0 Å². The van der Waals surface area contributed by atoms with Crippen molar-refractivity contribution in [1.82, 2.24) is 10.6 Å². The van der Waals surface area contributed by atoms with Crippen LogP contribution in [0.25, 0.3) is 0 Å². The van der Waals surface area contributed by atoms with Gasteiger partial charge in [-0.2, -0.15) is 0 Å². The minimum Gasteiger partial charge on any atom is -0.382 e. The van der Waals surface area contributed by atoms with Crippen molar-refractivity contribution in [1.29, 1.82) is 0 Å². The molecule has 0 aliphatic carbocycles. The number of amides is 2. The van der Waals surface area contributed by atoms with Gasteiger partial charge < -0.3 is 25.8 Å². The summed E-state index contributed by atoms with van der Waals surface area (Å²) in [4.78, 5) is 22.3. The monoisotopic (exact) mass is 233 g/mol. The fourth-order valence-corrected chi connectivity index (χ4v) is 0.949. The SMILES string of the molecule is COCC(CNC(=O)C(=O)NCCN)OC. The molecule has 0 saturated carbocycles. The predicted molar refractivity (Wildman–Crippen MR) is 57.7 cm³/mol. The van der Waals surface area contributed by atoms with E-state index in [1.54, 1.807) is 0 Å². The minimum atomic E-state index is -0.702. The molecule has 0 radical (unpaired) electrons. The minimum absolute atomic E-state index is 0.221. The van der Waals surface area contributed by atoms with E-state index in [9.17, 15) is 9.59 Å². The van der Waals surface area contributed by atoms with Gasteiger partial charge in [-0.15, -0.1) is 0 Å². The van der Waals surface area contributed by atoms with Gasteiger partial charge in [-0.3, -0.25) is 9.59 Å². The summed E-state index contributed by atoms with van der Waals surface area (Å²) in [6.07, 6.45) is -0.267. The molecule has 2 amide bonds. The van der Waals surface area contributed by atoms with Gasteiger partial charge in [-0.25, -0.2) is 0 Å². The molecule has 1 atom stereocenters. The molecular weight excluding hydrogens is 214 g/mol. The molecule has 0 spiro atoms. The van der Waals surface area contributed by atoms with E-state index in [-0.39, 0.29) is 19.2 Å². The number of carbonyl (C=O) groups excluding carboxylic acids is 2. The van der Waals surface area contributed by atoms with Gasteiger partial charge in [0.15, 0.2) is 0 Å². The average Bonchev–Trinajstić information content (AvgIpc) is 2.30. The maximum Gasteiger partial charge on any atom is 0.309 e. The van der Waals surface area contributed by atoms with Gasteiger partial charge in [-0.05, 0) is 0 Å². The summed E-state index contributed by atoms with van der Waals surface area (Å²) in [6.45, 7) is 1.14. The van der Waals surface area contributed by atoms with E-state index >= 15 is 0 Å². The zero-order chi connectivity index (χ0) is 12.4. The third kappa shape index (κ3) is 6.33. The Morgan fingerprint density at radius 1 is 1.25 bits per heavy atom. The summed E-state index contributed by atoms with van der Waals surface area (Å²) in [5, 5.41) is 4.79. The van der Waals surface area contributed by atoms with Crippen molar-refractivity contribution >= 4 is 11.8 Å². The summed E-state index contributed by atoms with van der Waals surface area (Å²) in [7, 11) is 3.03. The lowest BCUT2D eigenvalue weighted by molar-refractivity contribution is -0.139. The second-order valence-electron chi connectivity index (χ2n) is 3.07. The predicted octanol–water partition coefficient (Wildman–Crippen LogP) is -2.16. The second-order valence-corrected chi connectivity index (χ2v) is 3.07. The van der Waals surface area contributed by atoms with E-state index in [4.69, 9.17) is 15.2 Å². The average molecular weight is 233 g/mol. The van der Waals surface area contributed by atoms with Crippen LogP contribution in [-0.4, -0.2) is 58.4 Å². The van der Waals surface area contributed by atoms with E-state index < -0.39 is 11.8 Å². The number of hydrogen-bond donors (Lipinski definition) is 3. The van der Waals surface area contributed by atoms with Crippen LogP contribution in [0.3, 0.4) is 0 Å². The lowest BCUT2D eigenvalue weighted by atomic mass is 10.3. The highest BCUT2D eigenvalue weighted by molar-refractivity contribution is 6.35. The molecule has 0 saturated heterocycles. The number of nitrogens with one attached hydrogen (secondary N) is 2. The first-order chi connectivity index (χ1) is 7.65. The highest BCUT2D eigenvalue weighted by Crippen LogP contribution is 1.88. The van der Waals surface area contributed by atoms with E-state index in [1.165, 1.54) is 14.2 Å². The molecule has 94 valence electrons. The Kier molecular flexibility index (Phi) is 8.41. The van der Waals surface area contributed by atoms with Crippen LogP contribution in [0.2, 0.25) is 0 Å². The number of carbonyl (C=O) groups is 2. The summed E-state index contributed by atoms with van der Waals surface area (Å²) >= 11 is 0. The smallest absolute Gasteiger partial charge is 0.309 e. The van der Waals surface area contributed by atoms with Crippen molar-refractivity contribution in [3.05, 3.63) is 0 Å². The van der Waals surface area contributed by atoms with E-state index in [2.05, 4.69) is 10.6 Å². The first-order valence-corrected chi connectivity index (χ1v) is 4.93. The Labute approximate surface area is 94.6 Å². The Balaban J connectivity index is 3.81. The maximum absolute atomic E-state index is 11.2. The number of hydrogen-bond acceptors (Lipinski definition) is 5. The molecule has 0 aromatic carbocycles. The normalized spacial score (nSPS) is 11.9. The summed E-state index contributed by atoms with van der Waals surface area (Å²) in [6, 6.07) is 0. The number of rotatable bonds is 7. The number of nitrogens with two attached hydrogens (primary N) is 1. The van der Waals surface area contributed by atoms with Crippen LogP contribution in [-0.2, 0) is 19.1 Å². The zero-order valence-corrected chi connectivity index (χ0v) is 9.62. The number of ether oxygens (including phenoxy) is 2. The van der Waals surface area contributed by atoms with Gasteiger partial charge in [0.25, 0.3) is 0 Å². The lowest BCUT2D eigenvalue weighted by Gasteiger charge is -2.14. The van der Waals surface area contributed by atoms with Crippen LogP contribution in [0.15, 0.2) is 0 Å². The van der Waals surface area contributed by atoms with Crippen LogP contribution in [0.5, 0.6) is 0 Å². The fourth-order valence-electron chi connectivity index (χ4n) is 0.949. The molecule has 0 bridgehead atoms. The van der Waals surface area contributed by atoms with Crippen LogP contribution in [0.4, 0.5) is 0 Å². The maximum atomic E-state index is 11.2. The third-order valence-corrected chi connectivity index (χ3v) is 1.81. The molecule has 7 nitrogen and oxygen atoms in total. The largest absolute Gasteiger partial charge is 0.382 e. The van der Waals surface area contributed by atoms with Gasteiger partial charge in [0.1, 0.15) is 0 Å². The summed E-state index contributed by atoms with van der Waals surface area (Å²) < 4.78 is 9.87. The Morgan fingerprint density at radius 3 is 2.38 bits per heavy atom. The first-order valence-electron chi connectivity index (χ1n) is 4.93. The highest BCUT2D eigenvalue weighted by atomic mass is 16.5. The Bertz CT molecular complexity index is 223. The topological polar surface area (TPSA) is 103 Å². The third-order valence-electron chi connectivity index (χ3n) is 1.81. The fraction of sp³-hybridized carbons (Fsp3) is 0.778. The van der Waals surface area contributed by atoms with Gasteiger partial charge >= 0.3 is 11.8 Å². The van der Waals surface area contributed by atoms with Crippen molar-refractivity contribution in [3.63, 3.8) is 0 Å². The van der Waals surface area contributed by atoms with Crippen LogP contribution in [0.1, 0.15) is 0 Å². The van der Waals surface area contributed by atoms with E-state index in [0.29, 0.717) is 13.2 Å². The summed E-state index contributed by atoms with van der Waals surface area (Å²) in [5.41, 5.74) is 5.18. The zero-order valence-electron chi connectivity index (χ0n) is 9.62. The molecule has 0 aromatic heterocycles. The Morgan fingerprint density at radius 2 is 1.88 bits per heavy atom. The van der Waals surface area contributed by atoms with Gasteiger partial charge in [0.05, 0.1) is 12.7 Å². The molecule has 1 unspecified atom stereocenters. The molecule has 0 aliphatic rings. The molecular formula is C9H19N3O4.